The van der Waals surface area contributed by atoms with Crippen LogP contribution in [0.3, 0.4) is 0 Å². The Morgan fingerprint density at radius 2 is 2.20 bits per heavy atom. The van der Waals surface area contributed by atoms with Crippen molar-refractivity contribution in [3.63, 3.8) is 0 Å². The molecule has 1 heteroatoms. The van der Waals surface area contributed by atoms with Gasteiger partial charge in [-0.3, -0.25) is 0 Å². The van der Waals surface area contributed by atoms with E-state index in [1.165, 1.54) is 0 Å². The van der Waals surface area contributed by atoms with Crippen molar-refractivity contribution in [3.05, 3.63) is 12.2 Å². The zero-order valence-corrected chi connectivity index (χ0v) is 6.86. The first-order valence-electron chi connectivity index (χ1n) is 3.39. The predicted molar refractivity (Wildman–Crippen MR) is 43.5 cm³/mol. The summed E-state index contributed by atoms with van der Waals surface area (Å²) in [5.74, 6) is 5.46. The third-order valence-corrected chi connectivity index (χ3v) is 1.23. The third-order valence-electron chi connectivity index (χ3n) is 1.23. The fourth-order valence-corrected chi connectivity index (χ4v) is 0.330. The van der Waals surface area contributed by atoms with Gasteiger partial charge in [-0.05, 0) is 25.8 Å². The van der Waals surface area contributed by atoms with E-state index < -0.39 is 5.60 Å². The average molecular weight is 138 g/mol. The van der Waals surface area contributed by atoms with Gasteiger partial charge in [-0.2, -0.15) is 0 Å². The summed E-state index contributed by atoms with van der Waals surface area (Å²) in [6, 6.07) is 0. The Labute approximate surface area is 62.8 Å². The highest BCUT2D eigenvalue weighted by Crippen LogP contribution is 2.05. The lowest BCUT2D eigenvalue weighted by molar-refractivity contribution is 0.118. The van der Waals surface area contributed by atoms with Gasteiger partial charge in [-0.1, -0.05) is 25.3 Å². The van der Waals surface area contributed by atoms with Crippen LogP contribution in [-0.2, 0) is 0 Å². The maximum Gasteiger partial charge on any atom is 0.122 e. The van der Waals surface area contributed by atoms with Crippen molar-refractivity contribution >= 4 is 0 Å². The van der Waals surface area contributed by atoms with Crippen molar-refractivity contribution in [2.45, 2.75) is 32.8 Å². The van der Waals surface area contributed by atoms with E-state index in [2.05, 4.69) is 18.4 Å². The van der Waals surface area contributed by atoms with Gasteiger partial charge in [0.05, 0.1) is 0 Å². The Morgan fingerprint density at radius 3 is 2.50 bits per heavy atom. The summed E-state index contributed by atoms with van der Waals surface area (Å²) >= 11 is 0. The number of hydrogen-bond donors (Lipinski definition) is 1. The molecular formula is C9H14O. The molecule has 0 aromatic rings. The Kier molecular flexibility index (Phi) is 3.18. The Balaban J connectivity index is 4.15. The van der Waals surface area contributed by atoms with E-state index in [0.29, 0.717) is 6.42 Å². The highest BCUT2D eigenvalue weighted by atomic mass is 16.3. The fourth-order valence-electron chi connectivity index (χ4n) is 0.330. The van der Waals surface area contributed by atoms with E-state index in [1.807, 2.05) is 13.8 Å². The van der Waals surface area contributed by atoms with Gasteiger partial charge in [0.2, 0.25) is 0 Å². The van der Waals surface area contributed by atoms with E-state index >= 15 is 0 Å². The van der Waals surface area contributed by atoms with Crippen LogP contribution >= 0.6 is 0 Å². The van der Waals surface area contributed by atoms with Gasteiger partial charge in [0.15, 0.2) is 0 Å². The molecule has 1 N–H and O–H groups in total. The van der Waals surface area contributed by atoms with Gasteiger partial charge in [0, 0.05) is 0 Å². The second-order valence-electron chi connectivity index (χ2n) is 2.66. The molecule has 0 aromatic carbocycles. The zero-order chi connectivity index (χ0) is 8.20. The molecule has 0 aliphatic rings. The molecule has 0 radical (unpaired) electrons. The SMILES string of the molecule is C=C(C)C#C[C@](C)(O)CC. The van der Waals surface area contributed by atoms with E-state index in [1.54, 1.807) is 6.92 Å². The van der Waals surface area contributed by atoms with Crippen LogP contribution in [0.5, 0.6) is 0 Å². The topological polar surface area (TPSA) is 20.2 Å². The normalized spacial score (nSPS) is 14.8. The molecular weight excluding hydrogens is 124 g/mol. The summed E-state index contributed by atoms with van der Waals surface area (Å²) in [5, 5.41) is 9.36. The van der Waals surface area contributed by atoms with Gasteiger partial charge >= 0.3 is 0 Å². The first kappa shape index (κ1) is 9.26. The highest BCUT2D eigenvalue weighted by molar-refractivity contribution is 5.27. The quantitative estimate of drug-likeness (QED) is 0.547. The summed E-state index contributed by atoms with van der Waals surface area (Å²) in [5.41, 5.74) is -0.0624. The van der Waals surface area contributed by atoms with Crippen LogP contribution in [0.1, 0.15) is 27.2 Å². The highest BCUT2D eigenvalue weighted by Gasteiger charge is 2.11. The van der Waals surface area contributed by atoms with Gasteiger partial charge in [0.1, 0.15) is 5.60 Å². The third kappa shape index (κ3) is 4.17. The molecule has 0 fully saturated rings. The Hall–Kier alpha value is -0.740. The summed E-state index contributed by atoms with van der Waals surface area (Å²) in [6.45, 7) is 9.02. The van der Waals surface area contributed by atoms with Gasteiger partial charge < -0.3 is 5.11 Å². The van der Waals surface area contributed by atoms with Crippen LogP contribution in [-0.4, -0.2) is 10.7 Å². The van der Waals surface area contributed by atoms with Crippen LogP contribution in [0.25, 0.3) is 0 Å². The Bertz CT molecular complexity index is 179. The molecule has 0 aliphatic carbocycles. The summed E-state index contributed by atoms with van der Waals surface area (Å²) in [4.78, 5) is 0. The van der Waals surface area contributed by atoms with E-state index in [0.717, 1.165) is 5.57 Å². The largest absolute Gasteiger partial charge is 0.378 e. The van der Waals surface area contributed by atoms with Crippen LogP contribution in [0.15, 0.2) is 12.2 Å². The van der Waals surface area contributed by atoms with Crippen molar-refractivity contribution in [1.82, 2.24) is 0 Å². The van der Waals surface area contributed by atoms with Crippen molar-refractivity contribution in [2.75, 3.05) is 0 Å². The molecule has 0 spiro atoms. The Morgan fingerprint density at radius 1 is 1.70 bits per heavy atom. The van der Waals surface area contributed by atoms with Gasteiger partial charge in [-0.15, -0.1) is 0 Å². The second-order valence-corrected chi connectivity index (χ2v) is 2.66. The van der Waals surface area contributed by atoms with Crippen LogP contribution in [0.4, 0.5) is 0 Å². The van der Waals surface area contributed by atoms with E-state index in [-0.39, 0.29) is 0 Å². The number of hydrogen-bond acceptors (Lipinski definition) is 1. The van der Waals surface area contributed by atoms with E-state index in [4.69, 9.17) is 0 Å². The minimum atomic E-state index is -0.848. The summed E-state index contributed by atoms with van der Waals surface area (Å²) < 4.78 is 0. The second kappa shape index (κ2) is 3.43. The van der Waals surface area contributed by atoms with Gasteiger partial charge in [-0.25, -0.2) is 0 Å². The van der Waals surface area contributed by atoms with Crippen molar-refractivity contribution in [1.29, 1.82) is 0 Å². The van der Waals surface area contributed by atoms with Crippen molar-refractivity contribution in [2.24, 2.45) is 0 Å². The smallest absolute Gasteiger partial charge is 0.122 e. The molecule has 56 valence electrons. The molecule has 0 bridgehead atoms. The summed E-state index contributed by atoms with van der Waals surface area (Å²) in [7, 11) is 0. The number of allylic oxidation sites excluding steroid dienone is 1. The first-order chi connectivity index (χ1) is 4.48. The number of rotatable bonds is 1. The predicted octanol–water partition coefficient (Wildman–Crippen LogP) is 1.73. The molecule has 10 heavy (non-hydrogen) atoms. The average Bonchev–Trinajstić information content (AvgIpc) is 1.85. The summed E-state index contributed by atoms with van der Waals surface area (Å²) in [6.07, 6.45) is 0.646. The lowest BCUT2D eigenvalue weighted by atomic mass is 10.0. The maximum absolute atomic E-state index is 9.36. The van der Waals surface area contributed by atoms with Gasteiger partial charge in [0.25, 0.3) is 0 Å². The molecule has 0 saturated carbocycles. The standard InChI is InChI=1S/C9H14O/c1-5-9(4,10)7-6-8(2)3/h10H,2,5H2,1,3-4H3/t9-/m1/s1. The molecule has 0 aliphatic heterocycles. The maximum atomic E-state index is 9.36. The molecule has 0 amide bonds. The molecule has 0 aromatic heterocycles. The fraction of sp³-hybridized carbons (Fsp3) is 0.556. The zero-order valence-electron chi connectivity index (χ0n) is 6.86. The molecule has 0 unspecified atom stereocenters. The van der Waals surface area contributed by atoms with Crippen LogP contribution in [0.2, 0.25) is 0 Å². The van der Waals surface area contributed by atoms with Crippen LogP contribution < -0.4 is 0 Å². The minimum absolute atomic E-state index is 0.646. The van der Waals surface area contributed by atoms with Crippen molar-refractivity contribution in [3.8, 4) is 11.8 Å². The first-order valence-corrected chi connectivity index (χ1v) is 3.39. The van der Waals surface area contributed by atoms with E-state index in [9.17, 15) is 5.11 Å². The van der Waals surface area contributed by atoms with Crippen molar-refractivity contribution < 1.29 is 5.11 Å². The molecule has 1 atom stereocenters. The van der Waals surface area contributed by atoms with Crippen LogP contribution in [0, 0.1) is 11.8 Å². The minimum Gasteiger partial charge on any atom is -0.378 e. The molecule has 1 nitrogen and oxygen atoms in total. The lowest BCUT2D eigenvalue weighted by Crippen LogP contribution is -2.19. The molecule has 0 saturated heterocycles. The monoisotopic (exact) mass is 138 g/mol. The number of aliphatic hydroxyl groups is 1. The molecule has 0 rings (SSSR count). The lowest BCUT2D eigenvalue weighted by Gasteiger charge is -2.11. The molecule has 0 heterocycles.